The van der Waals surface area contributed by atoms with Crippen molar-refractivity contribution >= 4 is 15.5 Å². The monoisotopic (exact) mass is 267 g/mol. The number of pyridine rings is 1. The zero-order valence-corrected chi connectivity index (χ0v) is 10.5. The van der Waals surface area contributed by atoms with Crippen LogP contribution in [0, 0.1) is 0 Å². The largest absolute Gasteiger partial charge is 0.377 e. The molecular weight excluding hydrogens is 254 g/mol. The first-order valence-corrected chi connectivity index (χ1v) is 7.46. The highest BCUT2D eigenvalue weighted by atomic mass is 32.2. The molecule has 1 aliphatic heterocycles. The van der Waals surface area contributed by atoms with Gasteiger partial charge in [-0.3, -0.25) is 4.40 Å². The molecule has 2 aromatic rings. The van der Waals surface area contributed by atoms with Gasteiger partial charge in [-0.05, 0) is 25.0 Å². The number of rotatable bonds is 3. The number of hydrogen-bond donors (Lipinski definition) is 0. The van der Waals surface area contributed by atoms with Crippen molar-refractivity contribution < 1.29 is 13.2 Å². The molecule has 6 nitrogen and oxygen atoms in total. The Morgan fingerprint density at radius 2 is 2.28 bits per heavy atom. The molecule has 96 valence electrons. The third kappa shape index (κ3) is 1.99. The van der Waals surface area contributed by atoms with Crippen molar-refractivity contribution in [3.63, 3.8) is 0 Å². The maximum Gasteiger partial charge on any atom is 0.254 e. The van der Waals surface area contributed by atoms with Crippen LogP contribution < -0.4 is 0 Å². The standard InChI is InChI=1S/C11H13N3O3S/c15-18(16,8-9-4-3-7-17-9)11-13-12-10-5-1-2-6-14(10)11/h1-2,5-6,9H,3-4,7-8H2. The summed E-state index contributed by atoms with van der Waals surface area (Å²) in [4.78, 5) is 0. The minimum absolute atomic E-state index is 0.00593. The third-order valence-electron chi connectivity index (χ3n) is 2.99. The molecule has 0 aromatic carbocycles. The van der Waals surface area contributed by atoms with E-state index in [9.17, 15) is 8.42 Å². The summed E-state index contributed by atoms with van der Waals surface area (Å²) in [7, 11) is -3.46. The van der Waals surface area contributed by atoms with Crippen molar-refractivity contribution in [3.05, 3.63) is 24.4 Å². The van der Waals surface area contributed by atoms with E-state index in [1.807, 2.05) is 0 Å². The molecule has 0 amide bonds. The molecule has 0 aliphatic carbocycles. The average Bonchev–Trinajstić information content (AvgIpc) is 2.96. The SMILES string of the molecule is O=S(=O)(CC1CCCO1)c1nnc2ccccn12. The Hall–Kier alpha value is -1.47. The summed E-state index contributed by atoms with van der Waals surface area (Å²) in [6.45, 7) is 0.640. The van der Waals surface area contributed by atoms with E-state index in [1.54, 1.807) is 24.4 Å². The van der Waals surface area contributed by atoms with Gasteiger partial charge in [0.1, 0.15) is 0 Å². The number of nitrogens with zero attached hydrogens (tertiary/aromatic N) is 3. The van der Waals surface area contributed by atoms with Gasteiger partial charge in [0.05, 0.1) is 11.9 Å². The molecule has 0 N–H and O–H groups in total. The normalized spacial score (nSPS) is 20.6. The summed E-state index contributed by atoms with van der Waals surface area (Å²) in [5.74, 6) is -0.0251. The molecule has 7 heteroatoms. The second kappa shape index (κ2) is 4.33. The van der Waals surface area contributed by atoms with Gasteiger partial charge >= 0.3 is 0 Å². The highest BCUT2D eigenvalue weighted by Crippen LogP contribution is 2.18. The lowest BCUT2D eigenvalue weighted by Crippen LogP contribution is -2.22. The first-order chi connectivity index (χ1) is 8.67. The molecule has 0 radical (unpaired) electrons. The predicted molar refractivity (Wildman–Crippen MR) is 64.0 cm³/mol. The summed E-state index contributed by atoms with van der Waals surface area (Å²) < 4.78 is 31.4. The third-order valence-corrected chi connectivity index (χ3v) is 4.64. The first-order valence-electron chi connectivity index (χ1n) is 5.81. The minimum atomic E-state index is -3.46. The first kappa shape index (κ1) is 11.6. The fourth-order valence-corrected chi connectivity index (χ4v) is 3.65. The van der Waals surface area contributed by atoms with Crippen LogP contribution in [0.3, 0.4) is 0 Å². The van der Waals surface area contributed by atoms with Gasteiger partial charge in [0, 0.05) is 12.8 Å². The van der Waals surface area contributed by atoms with Crippen LogP contribution in [0.4, 0.5) is 0 Å². The van der Waals surface area contributed by atoms with E-state index in [0.717, 1.165) is 12.8 Å². The fourth-order valence-electron chi connectivity index (χ4n) is 2.13. The molecule has 1 fully saturated rings. The van der Waals surface area contributed by atoms with Crippen molar-refractivity contribution in [2.75, 3.05) is 12.4 Å². The number of ether oxygens (including phenoxy) is 1. The lowest BCUT2D eigenvalue weighted by Gasteiger charge is -2.08. The van der Waals surface area contributed by atoms with E-state index >= 15 is 0 Å². The number of sulfone groups is 1. The van der Waals surface area contributed by atoms with Crippen LogP contribution >= 0.6 is 0 Å². The molecule has 18 heavy (non-hydrogen) atoms. The van der Waals surface area contributed by atoms with Crippen LogP contribution in [-0.2, 0) is 14.6 Å². The maximum absolute atomic E-state index is 12.3. The van der Waals surface area contributed by atoms with E-state index in [0.29, 0.717) is 12.3 Å². The fraction of sp³-hybridized carbons (Fsp3) is 0.455. The Morgan fingerprint density at radius 3 is 3.06 bits per heavy atom. The van der Waals surface area contributed by atoms with E-state index in [1.165, 1.54) is 4.40 Å². The molecule has 0 saturated carbocycles. The smallest absolute Gasteiger partial charge is 0.254 e. The molecule has 2 aromatic heterocycles. The van der Waals surface area contributed by atoms with Crippen molar-refractivity contribution in [3.8, 4) is 0 Å². The van der Waals surface area contributed by atoms with Crippen LogP contribution in [0.5, 0.6) is 0 Å². The van der Waals surface area contributed by atoms with Crippen molar-refractivity contribution in [2.45, 2.75) is 24.1 Å². The molecule has 1 unspecified atom stereocenters. The van der Waals surface area contributed by atoms with Crippen LogP contribution in [0.1, 0.15) is 12.8 Å². The van der Waals surface area contributed by atoms with Crippen molar-refractivity contribution in [2.24, 2.45) is 0 Å². The highest BCUT2D eigenvalue weighted by Gasteiger charge is 2.28. The second-order valence-corrected chi connectivity index (χ2v) is 6.26. The van der Waals surface area contributed by atoms with Crippen molar-refractivity contribution in [1.82, 2.24) is 14.6 Å². The van der Waals surface area contributed by atoms with E-state index in [4.69, 9.17) is 4.74 Å². The summed E-state index contributed by atoms with van der Waals surface area (Å²) in [6.07, 6.45) is 3.14. The molecule has 1 saturated heterocycles. The lowest BCUT2D eigenvalue weighted by molar-refractivity contribution is 0.127. The zero-order chi connectivity index (χ0) is 12.6. The molecule has 0 bridgehead atoms. The number of aromatic nitrogens is 3. The molecule has 0 spiro atoms. The van der Waals surface area contributed by atoms with Crippen molar-refractivity contribution in [1.29, 1.82) is 0 Å². The number of hydrogen-bond acceptors (Lipinski definition) is 5. The van der Waals surface area contributed by atoms with E-state index in [-0.39, 0.29) is 17.0 Å². The van der Waals surface area contributed by atoms with Gasteiger partial charge < -0.3 is 4.74 Å². The molecular formula is C11H13N3O3S. The average molecular weight is 267 g/mol. The molecule has 1 atom stereocenters. The zero-order valence-electron chi connectivity index (χ0n) is 9.69. The van der Waals surface area contributed by atoms with Gasteiger partial charge in [-0.2, -0.15) is 0 Å². The van der Waals surface area contributed by atoms with Gasteiger partial charge in [0.2, 0.25) is 9.84 Å². The van der Waals surface area contributed by atoms with Gasteiger partial charge in [-0.15, -0.1) is 10.2 Å². The lowest BCUT2D eigenvalue weighted by atomic mass is 10.3. The highest BCUT2D eigenvalue weighted by molar-refractivity contribution is 7.91. The van der Waals surface area contributed by atoms with Crippen LogP contribution in [0.15, 0.2) is 29.6 Å². The second-order valence-electron chi connectivity index (χ2n) is 4.33. The van der Waals surface area contributed by atoms with Crippen LogP contribution in [-0.4, -0.2) is 41.5 Å². The van der Waals surface area contributed by atoms with Crippen LogP contribution in [0.25, 0.3) is 5.65 Å². The van der Waals surface area contributed by atoms with Gasteiger partial charge in [-0.25, -0.2) is 8.42 Å². The Bertz CT molecular complexity index is 659. The molecule has 3 heterocycles. The molecule has 1 aliphatic rings. The topological polar surface area (TPSA) is 73.6 Å². The summed E-state index contributed by atoms with van der Waals surface area (Å²) in [6, 6.07) is 5.26. The summed E-state index contributed by atoms with van der Waals surface area (Å²) >= 11 is 0. The summed E-state index contributed by atoms with van der Waals surface area (Å²) in [5, 5.41) is 7.63. The van der Waals surface area contributed by atoms with Gasteiger partial charge in [0.25, 0.3) is 5.16 Å². The van der Waals surface area contributed by atoms with E-state index in [2.05, 4.69) is 10.2 Å². The Kier molecular flexibility index (Phi) is 2.79. The quantitative estimate of drug-likeness (QED) is 0.817. The van der Waals surface area contributed by atoms with Gasteiger partial charge in [0.15, 0.2) is 5.65 Å². The summed E-state index contributed by atoms with van der Waals surface area (Å²) in [5.41, 5.74) is 0.531. The Labute approximate surface area is 105 Å². The maximum atomic E-state index is 12.3. The Balaban J connectivity index is 1.97. The molecule has 3 rings (SSSR count). The van der Waals surface area contributed by atoms with Gasteiger partial charge in [-0.1, -0.05) is 6.07 Å². The predicted octanol–water partition coefficient (Wildman–Crippen LogP) is 0.682. The Morgan fingerprint density at radius 1 is 1.39 bits per heavy atom. The van der Waals surface area contributed by atoms with Crippen LogP contribution in [0.2, 0.25) is 0 Å². The minimum Gasteiger partial charge on any atom is -0.377 e. The van der Waals surface area contributed by atoms with E-state index < -0.39 is 9.84 Å². The number of fused-ring (bicyclic) bond motifs is 1.